The molecule has 28 heavy (non-hydrogen) atoms. The maximum Gasteiger partial charge on any atom is 0.366 e. The van der Waals surface area contributed by atoms with Gasteiger partial charge in [0, 0.05) is 6.07 Å². The number of aromatic nitrogens is 1. The third kappa shape index (κ3) is 3.93. The minimum absolute atomic E-state index is 0.0978. The summed E-state index contributed by atoms with van der Waals surface area (Å²) in [7, 11) is 0. The van der Waals surface area contributed by atoms with E-state index in [0.29, 0.717) is 11.3 Å². The average molecular weight is 385 g/mol. The molecular formula is C19H19N3O6. The fraction of sp³-hybridized carbons (Fsp3) is 0.316. The number of rotatable bonds is 5. The van der Waals surface area contributed by atoms with Gasteiger partial charge in [-0.1, -0.05) is 12.1 Å². The van der Waals surface area contributed by atoms with Gasteiger partial charge in [0.25, 0.3) is 11.7 Å². The maximum atomic E-state index is 12.6. The summed E-state index contributed by atoms with van der Waals surface area (Å²) < 4.78 is 10.6. The number of amides is 1. The second-order valence-electron chi connectivity index (χ2n) is 6.58. The van der Waals surface area contributed by atoms with E-state index in [4.69, 9.17) is 9.47 Å². The lowest BCUT2D eigenvalue weighted by molar-refractivity contribution is -0.389. The number of esters is 1. The predicted molar refractivity (Wildman–Crippen MR) is 99.2 cm³/mol. The molecule has 2 heterocycles. The van der Waals surface area contributed by atoms with Crippen LogP contribution >= 0.6 is 0 Å². The molecule has 0 saturated heterocycles. The van der Waals surface area contributed by atoms with E-state index in [-0.39, 0.29) is 30.2 Å². The van der Waals surface area contributed by atoms with Crippen molar-refractivity contribution in [1.29, 1.82) is 0 Å². The summed E-state index contributed by atoms with van der Waals surface area (Å²) in [5, 5.41) is 11.0. The lowest BCUT2D eigenvalue weighted by Gasteiger charge is -2.29. The van der Waals surface area contributed by atoms with E-state index in [0.717, 1.165) is 5.56 Å². The van der Waals surface area contributed by atoms with Crippen molar-refractivity contribution in [2.45, 2.75) is 39.5 Å². The van der Waals surface area contributed by atoms with Crippen LogP contribution in [0.25, 0.3) is 0 Å². The summed E-state index contributed by atoms with van der Waals surface area (Å²) in [4.78, 5) is 40.2. The van der Waals surface area contributed by atoms with Crippen LogP contribution in [-0.4, -0.2) is 34.0 Å². The quantitative estimate of drug-likeness (QED) is 0.442. The number of carbonyl (C=O) groups is 2. The lowest BCUT2D eigenvalue weighted by atomic mass is 10.1. The summed E-state index contributed by atoms with van der Waals surface area (Å²) in [6.45, 7) is 5.26. The van der Waals surface area contributed by atoms with Gasteiger partial charge in [-0.2, -0.15) is 0 Å². The molecule has 146 valence electrons. The molecule has 0 aliphatic carbocycles. The van der Waals surface area contributed by atoms with Gasteiger partial charge < -0.3 is 19.6 Å². The van der Waals surface area contributed by atoms with Crippen LogP contribution in [0.5, 0.6) is 5.75 Å². The highest BCUT2D eigenvalue weighted by Gasteiger charge is 2.36. The van der Waals surface area contributed by atoms with E-state index >= 15 is 0 Å². The highest BCUT2D eigenvalue weighted by Crippen LogP contribution is 2.34. The first-order chi connectivity index (χ1) is 13.3. The van der Waals surface area contributed by atoms with Crippen LogP contribution in [0.3, 0.4) is 0 Å². The number of pyridine rings is 1. The van der Waals surface area contributed by atoms with Gasteiger partial charge in [-0.3, -0.25) is 9.69 Å². The molecule has 1 amide bonds. The Balaban J connectivity index is 1.87. The third-order valence-corrected chi connectivity index (χ3v) is 4.06. The Labute approximate surface area is 161 Å². The molecule has 0 saturated carbocycles. The number of carbonyl (C=O) groups excluding carboxylic acids is 2. The van der Waals surface area contributed by atoms with Crippen LogP contribution in [-0.2, 0) is 16.1 Å². The maximum absolute atomic E-state index is 12.6. The van der Waals surface area contributed by atoms with Crippen molar-refractivity contribution >= 4 is 23.5 Å². The Hall–Kier alpha value is -3.49. The average Bonchev–Trinajstić information content (AvgIpc) is 2.65. The topological polar surface area (TPSA) is 112 Å². The second-order valence-corrected chi connectivity index (χ2v) is 6.58. The van der Waals surface area contributed by atoms with Gasteiger partial charge >= 0.3 is 11.8 Å². The number of benzene rings is 1. The predicted octanol–water partition coefficient (Wildman–Crippen LogP) is 2.87. The van der Waals surface area contributed by atoms with Gasteiger partial charge in [0.15, 0.2) is 11.9 Å². The SMILES string of the molecule is CC(C)OC(=O)c1ccc(CN2C(=O)C(C)Oc3ccc([N+](=O)[O-])nc32)cc1. The Kier molecular flexibility index (Phi) is 5.25. The van der Waals surface area contributed by atoms with Crippen LogP contribution in [0, 0.1) is 10.1 Å². The minimum atomic E-state index is -0.740. The molecule has 1 aliphatic rings. The molecule has 0 N–H and O–H groups in total. The highest BCUT2D eigenvalue weighted by atomic mass is 16.6. The molecule has 1 aromatic carbocycles. The zero-order valence-corrected chi connectivity index (χ0v) is 15.6. The summed E-state index contributed by atoms with van der Waals surface area (Å²) in [6, 6.07) is 9.27. The van der Waals surface area contributed by atoms with Gasteiger partial charge in [-0.25, -0.2) is 4.79 Å². The van der Waals surface area contributed by atoms with Crippen molar-refractivity contribution < 1.29 is 24.0 Å². The second kappa shape index (κ2) is 7.63. The molecule has 1 unspecified atom stereocenters. The zero-order valence-electron chi connectivity index (χ0n) is 15.6. The van der Waals surface area contributed by atoms with Crippen LogP contribution in [0.2, 0.25) is 0 Å². The summed E-state index contributed by atoms with van der Waals surface area (Å²) in [5.41, 5.74) is 1.12. The smallest absolute Gasteiger partial charge is 0.366 e. The largest absolute Gasteiger partial charge is 0.475 e. The molecule has 0 fully saturated rings. The van der Waals surface area contributed by atoms with E-state index in [1.54, 1.807) is 45.0 Å². The summed E-state index contributed by atoms with van der Waals surface area (Å²) >= 11 is 0. The van der Waals surface area contributed by atoms with Crippen LogP contribution in [0.4, 0.5) is 11.6 Å². The molecule has 3 rings (SSSR count). The molecular weight excluding hydrogens is 366 g/mol. The number of ether oxygens (including phenoxy) is 2. The molecule has 1 atom stereocenters. The molecule has 9 heteroatoms. The van der Waals surface area contributed by atoms with Crippen LogP contribution in [0.15, 0.2) is 36.4 Å². The third-order valence-electron chi connectivity index (χ3n) is 4.06. The van der Waals surface area contributed by atoms with E-state index in [1.165, 1.54) is 17.0 Å². The normalized spacial score (nSPS) is 15.8. The first kappa shape index (κ1) is 19.3. The zero-order chi connectivity index (χ0) is 20.4. The number of hydrogen-bond donors (Lipinski definition) is 0. The van der Waals surface area contributed by atoms with Crippen molar-refractivity contribution in [1.82, 2.24) is 4.98 Å². The molecule has 0 spiro atoms. The lowest BCUT2D eigenvalue weighted by Crippen LogP contribution is -2.44. The Morgan fingerprint density at radius 1 is 1.29 bits per heavy atom. The van der Waals surface area contributed by atoms with Gasteiger partial charge in [0.1, 0.15) is 0 Å². The molecule has 1 aromatic heterocycles. The fourth-order valence-electron chi connectivity index (χ4n) is 2.74. The molecule has 0 radical (unpaired) electrons. The first-order valence-corrected chi connectivity index (χ1v) is 8.69. The summed E-state index contributed by atoms with van der Waals surface area (Å²) in [5.74, 6) is -0.763. The molecule has 0 bridgehead atoms. The standard InChI is InChI=1S/C19H19N3O6/c1-11(2)27-19(24)14-6-4-13(5-7-14)10-21-17-15(28-12(3)18(21)23)8-9-16(20-17)22(25)26/h4-9,11-12H,10H2,1-3H3. The number of nitro groups is 1. The van der Waals surface area contributed by atoms with Gasteiger partial charge in [0.05, 0.1) is 18.2 Å². The molecule has 1 aliphatic heterocycles. The monoisotopic (exact) mass is 385 g/mol. The van der Waals surface area contributed by atoms with Crippen molar-refractivity contribution in [3.63, 3.8) is 0 Å². The van der Waals surface area contributed by atoms with Gasteiger partial charge in [0.2, 0.25) is 0 Å². The number of nitrogens with zero attached hydrogens (tertiary/aromatic N) is 3. The highest BCUT2D eigenvalue weighted by molar-refractivity contribution is 5.98. The van der Waals surface area contributed by atoms with Gasteiger partial charge in [-0.05, 0) is 54.4 Å². The van der Waals surface area contributed by atoms with E-state index < -0.39 is 17.0 Å². The Morgan fingerprint density at radius 2 is 1.96 bits per heavy atom. The fourth-order valence-corrected chi connectivity index (χ4v) is 2.74. The Bertz CT molecular complexity index is 926. The van der Waals surface area contributed by atoms with Crippen LogP contribution < -0.4 is 9.64 Å². The van der Waals surface area contributed by atoms with E-state index in [9.17, 15) is 19.7 Å². The van der Waals surface area contributed by atoms with Crippen molar-refractivity contribution in [3.05, 3.63) is 57.6 Å². The van der Waals surface area contributed by atoms with Crippen molar-refractivity contribution in [2.24, 2.45) is 0 Å². The Morgan fingerprint density at radius 3 is 2.57 bits per heavy atom. The minimum Gasteiger partial charge on any atom is -0.475 e. The molecule has 2 aromatic rings. The van der Waals surface area contributed by atoms with Crippen molar-refractivity contribution in [3.8, 4) is 5.75 Å². The number of fused-ring (bicyclic) bond motifs is 1. The van der Waals surface area contributed by atoms with Gasteiger partial charge in [-0.15, -0.1) is 0 Å². The van der Waals surface area contributed by atoms with Crippen LogP contribution in [0.1, 0.15) is 36.7 Å². The number of hydrogen-bond acceptors (Lipinski definition) is 7. The first-order valence-electron chi connectivity index (χ1n) is 8.69. The number of anilines is 1. The summed E-state index contributed by atoms with van der Waals surface area (Å²) in [6.07, 6.45) is -0.964. The van der Waals surface area contributed by atoms with Crippen molar-refractivity contribution in [2.75, 3.05) is 4.90 Å². The van der Waals surface area contributed by atoms with E-state index in [1.807, 2.05) is 0 Å². The molecule has 9 nitrogen and oxygen atoms in total. The van der Waals surface area contributed by atoms with E-state index in [2.05, 4.69) is 4.98 Å².